The summed E-state index contributed by atoms with van der Waals surface area (Å²) < 4.78 is 8.54. The first kappa shape index (κ1) is 28.8. The van der Waals surface area contributed by atoms with E-state index in [1.165, 1.54) is 11.3 Å². The molecule has 43 heavy (non-hydrogen) atoms. The number of aryl methyl sites for hydroxylation is 2. The number of carbonyl (C=O) groups is 1. The smallest absolute Gasteiger partial charge is 0.337 e. The Balaban J connectivity index is 1.53. The maximum Gasteiger partial charge on any atom is 0.337 e. The number of ether oxygens (including phenoxy) is 1. The third-order valence-electron chi connectivity index (χ3n) is 7.23. The molecule has 2 N–H and O–H groups in total. The number of carboxylic acid groups (broad SMARTS) is 1. The first-order valence-electron chi connectivity index (χ1n) is 13.7. The topological polar surface area (TPSA) is 110 Å². The summed E-state index contributed by atoms with van der Waals surface area (Å²) in [6, 6.07) is 18.9. The molecule has 0 aliphatic heterocycles. The SMILES string of the molecule is Cc1cc2nc(-c3ccnc(-c4ccc5c(c4)[nH]c(=O)n5C)c3)sc2c(-c2ccc(Cl)cc2)c1[C@H](OC(C)(C)C)C(=O)O. The third-order valence-corrected chi connectivity index (χ3v) is 8.62. The van der Waals surface area contributed by atoms with Gasteiger partial charge in [-0.25, -0.2) is 14.6 Å². The van der Waals surface area contributed by atoms with Crippen LogP contribution in [-0.4, -0.2) is 36.2 Å². The van der Waals surface area contributed by atoms with Gasteiger partial charge in [-0.15, -0.1) is 11.3 Å². The average Bonchev–Trinajstić information content (AvgIpc) is 3.51. The number of benzene rings is 3. The van der Waals surface area contributed by atoms with Gasteiger partial charge in [0.2, 0.25) is 0 Å². The van der Waals surface area contributed by atoms with Crippen LogP contribution in [0.25, 0.3) is 54.2 Å². The van der Waals surface area contributed by atoms with Gasteiger partial charge in [-0.05, 0) is 81.3 Å². The summed E-state index contributed by atoms with van der Waals surface area (Å²) in [5.41, 5.74) is 6.86. The molecule has 0 aliphatic rings. The van der Waals surface area contributed by atoms with Gasteiger partial charge in [0.15, 0.2) is 6.10 Å². The Morgan fingerprint density at radius 2 is 1.77 bits per heavy atom. The quantitative estimate of drug-likeness (QED) is 0.199. The lowest BCUT2D eigenvalue weighted by atomic mass is 9.91. The van der Waals surface area contributed by atoms with Crippen LogP contribution in [0.3, 0.4) is 0 Å². The summed E-state index contributed by atoms with van der Waals surface area (Å²) in [5, 5.41) is 11.7. The van der Waals surface area contributed by atoms with Gasteiger partial charge in [0.05, 0.1) is 32.5 Å². The predicted octanol–water partition coefficient (Wildman–Crippen LogP) is 7.77. The van der Waals surface area contributed by atoms with E-state index < -0.39 is 17.7 Å². The molecule has 0 spiro atoms. The second-order valence-electron chi connectivity index (χ2n) is 11.5. The van der Waals surface area contributed by atoms with Crippen LogP contribution in [0.4, 0.5) is 0 Å². The van der Waals surface area contributed by atoms with Crippen LogP contribution in [-0.2, 0) is 16.6 Å². The minimum Gasteiger partial charge on any atom is -0.479 e. The maximum absolute atomic E-state index is 12.6. The van der Waals surface area contributed by atoms with Crippen LogP contribution in [0.1, 0.15) is 38.0 Å². The fourth-order valence-electron chi connectivity index (χ4n) is 5.28. The van der Waals surface area contributed by atoms with Gasteiger partial charge in [-0.2, -0.15) is 0 Å². The fraction of sp³-hybridized carbons (Fsp3) is 0.212. The van der Waals surface area contributed by atoms with E-state index in [2.05, 4.69) is 9.97 Å². The Labute approximate surface area is 256 Å². The molecule has 0 aliphatic carbocycles. The van der Waals surface area contributed by atoms with E-state index in [0.717, 1.165) is 59.8 Å². The van der Waals surface area contributed by atoms with E-state index in [1.54, 1.807) is 29.9 Å². The average molecular weight is 613 g/mol. The molecule has 0 radical (unpaired) electrons. The van der Waals surface area contributed by atoms with Crippen molar-refractivity contribution in [2.45, 2.75) is 39.4 Å². The minimum absolute atomic E-state index is 0.174. The van der Waals surface area contributed by atoms with Gasteiger partial charge in [0, 0.05) is 40.5 Å². The highest BCUT2D eigenvalue weighted by Gasteiger charge is 2.32. The highest BCUT2D eigenvalue weighted by atomic mass is 35.5. The molecule has 3 aromatic heterocycles. The van der Waals surface area contributed by atoms with Crippen molar-refractivity contribution in [3.8, 4) is 33.0 Å². The van der Waals surface area contributed by atoms with Crippen LogP contribution in [0, 0.1) is 6.92 Å². The van der Waals surface area contributed by atoms with E-state index in [9.17, 15) is 14.7 Å². The highest BCUT2D eigenvalue weighted by molar-refractivity contribution is 7.22. The highest BCUT2D eigenvalue weighted by Crippen LogP contribution is 2.44. The first-order chi connectivity index (χ1) is 20.4. The number of fused-ring (bicyclic) bond motifs is 2. The van der Waals surface area contributed by atoms with Gasteiger partial charge in [-0.1, -0.05) is 29.8 Å². The van der Waals surface area contributed by atoms with Crippen molar-refractivity contribution in [1.29, 1.82) is 0 Å². The number of aromatic amines is 1. The molecular weight excluding hydrogens is 584 g/mol. The number of pyridine rings is 1. The van der Waals surface area contributed by atoms with Crippen molar-refractivity contribution in [1.82, 2.24) is 19.5 Å². The van der Waals surface area contributed by atoms with Crippen LogP contribution in [0.15, 0.2) is 71.7 Å². The van der Waals surface area contributed by atoms with Gasteiger partial charge < -0.3 is 14.8 Å². The molecule has 8 nitrogen and oxygen atoms in total. The van der Waals surface area contributed by atoms with Gasteiger partial charge in [-0.3, -0.25) is 9.55 Å². The number of nitrogens with one attached hydrogen (secondary N) is 1. The maximum atomic E-state index is 12.6. The minimum atomic E-state index is -1.19. The summed E-state index contributed by atoms with van der Waals surface area (Å²) in [6.45, 7) is 7.43. The van der Waals surface area contributed by atoms with Crippen LogP contribution < -0.4 is 5.69 Å². The lowest BCUT2D eigenvalue weighted by Gasteiger charge is -2.28. The summed E-state index contributed by atoms with van der Waals surface area (Å²) in [6.07, 6.45) is 0.552. The molecule has 6 aromatic rings. The number of H-pyrrole nitrogens is 1. The number of nitrogens with zero attached hydrogens (tertiary/aromatic N) is 3. The molecular formula is C33H29ClN4O4S. The second-order valence-corrected chi connectivity index (χ2v) is 12.9. The number of halogens is 1. The molecule has 3 aromatic carbocycles. The standard InChI is InChI=1S/C33H29ClN4O4S/c1-17-14-24-29(27(18-6-9-21(34)10-7-18)26(17)28(31(39)40)42-33(2,3)4)43-30(36-24)20-12-13-35-22(16-20)19-8-11-25-23(15-19)37-32(41)38(25)5/h6-16,28H,1-5H3,(H,37,41)(H,39,40)/t28-/m0/s1. The van der Waals surface area contributed by atoms with Crippen molar-refractivity contribution in [2.75, 3.05) is 0 Å². The third kappa shape index (κ3) is 5.47. The Morgan fingerprint density at radius 1 is 1.05 bits per heavy atom. The molecule has 0 saturated heterocycles. The summed E-state index contributed by atoms with van der Waals surface area (Å²) >= 11 is 7.71. The number of carboxylic acids is 1. The van der Waals surface area contributed by atoms with Gasteiger partial charge in [0.25, 0.3) is 0 Å². The first-order valence-corrected chi connectivity index (χ1v) is 14.9. The van der Waals surface area contributed by atoms with Crippen LogP contribution >= 0.6 is 22.9 Å². The summed E-state index contributed by atoms with van der Waals surface area (Å²) in [7, 11) is 1.73. The van der Waals surface area contributed by atoms with Crippen molar-refractivity contribution >= 4 is 50.2 Å². The number of rotatable bonds is 6. The fourth-order valence-corrected chi connectivity index (χ4v) is 6.53. The van der Waals surface area contributed by atoms with Crippen molar-refractivity contribution < 1.29 is 14.6 Å². The van der Waals surface area contributed by atoms with Crippen molar-refractivity contribution in [2.24, 2.45) is 7.05 Å². The van der Waals surface area contributed by atoms with Crippen molar-refractivity contribution in [3.05, 3.63) is 93.5 Å². The predicted molar refractivity (Wildman–Crippen MR) is 172 cm³/mol. The molecule has 218 valence electrons. The van der Waals surface area contributed by atoms with E-state index in [0.29, 0.717) is 10.6 Å². The number of hydrogen-bond donors (Lipinski definition) is 2. The molecule has 0 saturated carbocycles. The zero-order chi connectivity index (χ0) is 30.6. The van der Waals surface area contributed by atoms with Crippen LogP contribution in [0.2, 0.25) is 5.02 Å². The number of aliphatic carboxylic acids is 1. The van der Waals surface area contributed by atoms with E-state index in [4.69, 9.17) is 21.3 Å². The summed E-state index contributed by atoms with van der Waals surface area (Å²) in [5.74, 6) is -1.06. The molecule has 3 heterocycles. The Hall–Kier alpha value is -4.31. The Kier molecular flexibility index (Phi) is 7.20. The molecule has 0 amide bonds. The lowest BCUT2D eigenvalue weighted by molar-refractivity contribution is -0.160. The molecule has 6 rings (SSSR count). The van der Waals surface area contributed by atoms with E-state index >= 15 is 0 Å². The Bertz CT molecular complexity index is 2090. The van der Waals surface area contributed by atoms with E-state index in [1.807, 2.05) is 76.2 Å². The molecule has 0 fully saturated rings. The van der Waals surface area contributed by atoms with Crippen LogP contribution in [0.5, 0.6) is 0 Å². The Morgan fingerprint density at radius 3 is 2.47 bits per heavy atom. The monoisotopic (exact) mass is 612 g/mol. The normalized spacial score (nSPS) is 12.7. The zero-order valence-electron chi connectivity index (χ0n) is 24.2. The van der Waals surface area contributed by atoms with Gasteiger partial charge >= 0.3 is 11.7 Å². The lowest BCUT2D eigenvalue weighted by Crippen LogP contribution is -2.28. The molecule has 0 unspecified atom stereocenters. The molecule has 0 bridgehead atoms. The number of imidazole rings is 1. The zero-order valence-corrected chi connectivity index (χ0v) is 25.8. The summed E-state index contributed by atoms with van der Waals surface area (Å²) in [4.78, 5) is 37.2. The van der Waals surface area contributed by atoms with Gasteiger partial charge in [0.1, 0.15) is 5.01 Å². The van der Waals surface area contributed by atoms with Crippen molar-refractivity contribution in [3.63, 3.8) is 0 Å². The van der Waals surface area contributed by atoms with E-state index in [-0.39, 0.29) is 5.69 Å². The number of aromatic nitrogens is 4. The number of thiazole rings is 1. The largest absolute Gasteiger partial charge is 0.479 e. The molecule has 1 atom stereocenters. The molecule has 10 heteroatoms. The second kappa shape index (κ2) is 10.8. The number of hydrogen-bond acceptors (Lipinski definition) is 6.